The van der Waals surface area contributed by atoms with E-state index in [-0.39, 0.29) is 0 Å². The summed E-state index contributed by atoms with van der Waals surface area (Å²) in [5.74, 6) is 0. The molecule has 0 saturated heterocycles. The lowest BCUT2D eigenvalue weighted by atomic mass is 10.0. The Morgan fingerprint density at radius 2 is 1.93 bits per heavy atom. The molecule has 3 rings (SSSR count). The number of hydrogen-bond donors (Lipinski definition) is 1. The summed E-state index contributed by atoms with van der Waals surface area (Å²) in [6.07, 6.45) is 4.12. The Morgan fingerprint density at radius 1 is 1.00 bits per heavy atom. The van der Waals surface area contributed by atoms with Crippen molar-refractivity contribution < 1.29 is 0 Å². The van der Waals surface area contributed by atoms with Crippen LogP contribution in [0.5, 0.6) is 0 Å². The predicted octanol–water partition coefficient (Wildman–Crippen LogP) is 3.42. The summed E-state index contributed by atoms with van der Waals surface area (Å²) in [6.45, 7) is 0. The second-order valence-electron chi connectivity index (χ2n) is 3.25. The highest BCUT2D eigenvalue weighted by atomic mass is 32.2. The average Bonchev–Trinajstić information content (AvgIpc) is 2.29. The van der Waals surface area contributed by atoms with E-state index in [0.717, 1.165) is 0 Å². The van der Waals surface area contributed by atoms with Crippen molar-refractivity contribution in [1.29, 1.82) is 0 Å². The Kier molecular flexibility index (Phi) is 1.74. The van der Waals surface area contributed by atoms with Gasteiger partial charge in [-0.25, -0.2) is 0 Å². The van der Waals surface area contributed by atoms with E-state index in [4.69, 9.17) is 0 Å². The van der Waals surface area contributed by atoms with Crippen LogP contribution in [-0.2, 0) is 0 Å². The minimum Gasteiger partial charge on any atom is -0.332 e. The van der Waals surface area contributed by atoms with Crippen molar-refractivity contribution in [1.82, 2.24) is 4.72 Å². The molecule has 0 bridgehead atoms. The summed E-state index contributed by atoms with van der Waals surface area (Å²) in [4.78, 5) is 1.30. The van der Waals surface area contributed by atoms with Crippen LogP contribution in [0.3, 0.4) is 0 Å². The van der Waals surface area contributed by atoms with Gasteiger partial charge >= 0.3 is 0 Å². The molecule has 1 aliphatic heterocycles. The van der Waals surface area contributed by atoms with Gasteiger partial charge in [-0.2, -0.15) is 0 Å². The van der Waals surface area contributed by atoms with Gasteiger partial charge in [0, 0.05) is 11.1 Å². The van der Waals surface area contributed by atoms with Gasteiger partial charge in [0.15, 0.2) is 0 Å². The Morgan fingerprint density at radius 3 is 2.93 bits per heavy atom. The standard InChI is InChI=1S/C12H9NS/c1-2-4-10-9(3-1)5-6-12-11(10)7-8-13-14-12/h1-8,13H. The first-order chi connectivity index (χ1) is 6.95. The summed E-state index contributed by atoms with van der Waals surface area (Å²) < 4.78 is 3.14. The topological polar surface area (TPSA) is 12.0 Å². The molecule has 14 heavy (non-hydrogen) atoms. The van der Waals surface area contributed by atoms with Crippen molar-refractivity contribution in [3.63, 3.8) is 0 Å². The summed E-state index contributed by atoms with van der Waals surface area (Å²) in [7, 11) is 0. The molecule has 0 saturated carbocycles. The summed E-state index contributed by atoms with van der Waals surface area (Å²) >= 11 is 1.67. The monoisotopic (exact) mass is 199 g/mol. The van der Waals surface area contributed by atoms with Gasteiger partial charge < -0.3 is 4.72 Å². The Bertz CT molecular complexity index is 517. The molecule has 1 heterocycles. The fraction of sp³-hybridized carbons (Fsp3) is 0. The van der Waals surface area contributed by atoms with E-state index in [9.17, 15) is 0 Å². The smallest absolute Gasteiger partial charge is 0.0364 e. The third-order valence-electron chi connectivity index (χ3n) is 2.42. The maximum Gasteiger partial charge on any atom is 0.0364 e. The maximum absolute atomic E-state index is 3.14. The van der Waals surface area contributed by atoms with E-state index >= 15 is 0 Å². The van der Waals surface area contributed by atoms with Gasteiger partial charge in [-0.3, -0.25) is 0 Å². The molecule has 0 amide bonds. The number of rotatable bonds is 0. The molecule has 1 aliphatic rings. The molecule has 0 aromatic heterocycles. The largest absolute Gasteiger partial charge is 0.332 e. The highest BCUT2D eigenvalue weighted by Crippen LogP contribution is 2.31. The molecule has 2 heteroatoms. The molecule has 68 valence electrons. The first-order valence-electron chi connectivity index (χ1n) is 4.56. The van der Waals surface area contributed by atoms with Crippen molar-refractivity contribution in [2.75, 3.05) is 0 Å². The lowest BCUT2D eigenvalue weighted by Gasteiger charge is -2.12. The molecule has 0 radical (unpaired) electrons. The summed E-state index contributed by atoms with van der Waals surface area (Å²) in [5.41, 5.74) is 1.33. The maximum atomic E-state index is 3.14. The van der Waals surface area contributed by atoms with Crippen LogP contribution in [0.15, 0.2) is 47.5 Å². The fourth-order valence-electron chi connectivity index (χ4n) is 1.75. The van der Waals surface area contributed by atoms with Gasteiger partial charge in [0.05, 0.1) is 0 Å². The Labute approximate surface area is 87.0 Å². The van der Waals surface area contributed by atoms with Crippen LogP contribution in [0, 0.1) is 0 Å². The molecule has 1 nitrogen and oxygen atoms in total. The van der Waals surface area contributed by atoms with Crippen LogP contribution < -0.4 is 4.72 Å². The number of hydrogen-bond acceptors (Lipinski definition) is 2. The molecule has 2 aromatic rings. The van der Waals surface area contributed by atoms with Gasteiger partial charge in [0.1, 0.15) is 0 Å². The third-order valence-corrected chi connectivity index (χ3v) is 3.25. The van der Waals surface area contributed by atoms with Crippen LogP contribution in [0.2, 0.25) is 0 Å². The molecular formula is C12H9NS. The lowest BCUT2D eigenvalue weighted by molar-refractivity contribution is 1.34. The van der Waals surface area contributed by atoms with Crippen molar-refractivity contribution in [3.8, 4) is 0 Å². The molecule has 0 atom stereocenters. The van der Waals surface area contributed by atoms with Gasteiger partial charge in [-0.05, 0) is 40.4 Å². The summed E-state index contributed by atoms with van der Waals surface area (Å²) in [6, 6.07) is 12.8. The van der Waals surface area contributed by atoms with E-state index in [1.54, 1.807) is 11.9 Å². The first-order valence-corrected chi connectivity index (χ1v) is 5.37. The van der Waals surface area contributed by atoms with Crippen LogP contribution in [0.1, 0.15) is 5.56 Å². The fourth-order valence-corrected chi connectivity index (χ4v) is 2.44. The Hall–Kier alpha value is -1.41. The number of benzene rings is 2. The second-order valence-corrected chi connectivity index (χ2v) is 4.13. The molecule has 0 aliphatic carbocycles. The van der Waals surface area contributed by atoms with Crippen LogP contribution in [0.4, 0.5) is 0 Å². The van der Waals surface area contributed by atoms with Crippen molar-refractivity contribution in [2.24, 2.45) is 0 Å². The van der Waals surface area contributed by atoms with E-state index in [0.29, 0.717) is 0 Å². The second kappa shape index (κ2) is 3.07. The lowest BCUT2D eigenvalue weighted by Crippen LogP contribution is -1.98. The van der Waals surface area contributed by atoms with Gasteiger partial charge in [0.2, 0.25) is 0 Å². The zero-order chi connectivity index (χ0) is 9.38. The minimum absolute atomic E-state index is 1.30. The quantitative estimate of drug-likeness (QED) is 0.652. The van der Waals surface area contributed by atoms with Crippen LogP contribution in [-0.4, -0.2) is 0 Å². The van der Waals surface area contributed by atoms with E-state index in [2.05, 4.69) is 47.2 Å². The van der Waals surface area contributed by atoms with Gasteiger partial charge in [-0.1, -0.05) is 30.3 Å². The predicted molar refractivity (Wildman–Crippen MR) is 62.0 cm³/mol. The van der Waals surface area contributed by atoms with Crippen molar-refractivity contribution in [2.45, 2.75) is 4.90 Å². The third kappa shape index (κ3) is 1.11. The zero-order valence-corrected chi connectivity index (χ0v) is 8.34. The van der Waals surface area contributed by atoms with E-state index < -0.39 is 0 Å². The highest BCUT2D eigenvalue weighted by Gasteiger charge is 2.07. The highest BCUT2D eigenvalue weighted by molar-refractivity contribution is 7.97. The van der Waals surface area contributed by atoms with Crippen molar-refractivity contribution in [3.05, 3.63) is 48.2 Å². The van der Waals surface area contributed by atoms with Crippen LogP contribution >= 0.6 is 11.9 Å². The molecular weight excluding hydrogens is 190 g/mol. The minimum atomic E-state index is 1.30. The number of fused-ring (bicyclic) bond motifs is 3. The van der Waals surface area contributed by atoms with Gasteiger partial charge in [0.25, 0.3) is 0 Å². The molecule has 0 unspecified atom stereocenters. The normalized spacial score (nSPS) is 13.7. The number of nitrogens with one attached hydrogen (secondary N) is 1. The average molecular weight is 199 g/mol. The van der Waals surface area contributed by atoms with Gasteiger partial charge in [-0.15, -0.1) is 0 Å². The molecule has 2 aromatic carbocycles. The van der Waals surface area contributed by atoms with Crippen molar-refractivity contribution >= 4 is 28.8 Å². The molecule has 0 spiro atoms. The van der Waals surface area contributed by atoms with Crippen LogP contribution in [0.25, 0.3) is 16.8 Å². The molecule has 1 N–H and O–H groups in total. The first kappa shape index (κ1) is 7.94. The molecule has 0 fully saturated rings. The van der Waals surface area contributed by atoms with E-state index in [1.807, 2.05) is 6.20 Å². The van der Waals surface area contributed by atoms with E-state index in [1.165, 1.54) is 21.2 Å². The Balaban J connectivity index is 2.42. The SMILES string of the molecule is C1=Cc2c(ccc3ccccc23)SN1. The summed E-state index contributed by atoms with van der Waals surface area (Å²) in [5, 5.41) is 2.63. The zero-order valence-electron chi connectivity index (χ0n) is 7.53.